The molecule has 0 spiro atoms. The van der Waals surface area contributed by atoms with Crippen LogP contribution in [0.15, 0.2) is 41.8 Å². The van der Waals surface area contributed by atoms with E-state index in [1.165, 1.54) is 0 Å². The number of carboxylic acids is 1. The SMILES string of the molecule is CC(C)(C(=O)NCc1ccc(OCCCC(=O)O)cc1)c1cccs1. The molecule has 0 radical (unpaired) electrons. The van der Waals surface area contributed by atoms with Crippen molar-refractivity contribution in [2.75, 3.05) is 6.61 Å². The molecule has 0 aliphatic heterocycles. The van der Waals surface area contributed by atoms with Gasteiger partial charge in [-0.1, -0.05) is 18.2 Å². The summed E-state index contributed by atoms with van der Waals surface area (Å²) in [4.78, 5) is 23.9. The quantitative estimate of drug-likeness (QED) is 0.669. The first kappa shape index (κ1) is 19.0. The zero-order chi connectivity index (χ0) is 18.3. The van der Waals surface area contributed by atoms with E-state index in [1.54, 1.807) is 11.3 Å². The van der Waals surface area contributed by atoms with Crippen molar-refractivity contribution in [3.63, 3.8) is 0 Å². The second-order valence-electron chi connectivity index (χ2n) is 6.27. The maximum absolute atomic E-state index is 12.5. The van der Waals surface area contributed by atoms with E-state index in [9.17, 15) is 9.59 Å². The minimum atomic E-state index is -0.819. The molecule has 1 aromatic carbocycles. The molecule has 0 bridgehead atoms. The van der Waals surface area contributed by atoms with Gasteiger partial charge in [0.1, 0.15) is 5.75 Å². The number of ether oxygens (including phenoxy) is 1. The molecule has 1 aromatic heterocycles. The number of aliphatic carboxylic acids is 1. The van der Waals surface area contributed by atoms with E-state index < -0.39 is 11.4 Å². The summed E-state index contributed by atoms with van der Waals surface area (Å²) in [6, 6.07) is 11.4. The normalized spacial score (nSPS) is 11.1. The van der Waals surface area contributed by atoms with Gasteiger partial charge in [-0.25, -0.2) is 0 Å². The number of thiophene rings is 1. The number of carbonyl (C=O) groups excluding carboxylic acids is 1. The third-order valence-corrected chi connectivity index (χ3v) is 5.08. The summed E-state index contributed by atoms with van der Waals surface area (Å²) in [5.41, 5.74) is 0.426. The fourth-order valence-corrected chi connectivity index (χ4v) is 3.11. The van der Waals surface area contributed by atoms with Crippen molar-refractivity contribution in [3.8, 4) is 5.75 Å². The number of nitrogens with one attached hydrogen (secondary N) is 1. The van der Waals surface area contributed by atoms with Gasteiger partial charge < -0.3 is 15.2 Å². The first-order chi connectivity index (χ1) is 11.9. The van der Waals surface area contributed by atoms with Crippen LogP contribution in [0.4, 0.5) is 0 Å². The Balaban J connectivity index is 1.81. The molecule has 0 unspecified atom stereocenters. The number of carbonyl (C=O) groups is 2. The number of hydrogen-bond acceptors (Lipinski definition) is 4. The summed E-state index contributed by atoms with van der Waals surface area (Å²) >= 11 is 1.58. The van der Waals surface area contributed by atoms with Crippen molar-refractivity contribution < 1.29 is 19.4 Å². The molecule has 2 N–H and O–H groups in total. The van der Waals surface area contributed by atoms with E-state index >= 15 is 0 Å². The lowest BCUT2D eigenvalue weighted by molar-refractivity contribution is -0.137. The monoisotopic (exact) mass is 361 g/mol. The Morgan fingerprint density at radius 3 is 2.52 bits per heavy atom. The van der Waals surface area contributed by atoms with Crippen LogP contribution in [-0.2, 0) is 21.5 Å². The maximum atomic E-state index is 12.5. The highest BCUT2D eigenvalue weighted by molar-refractivity contribution is 7.10. The molecule has 0 saturated heterocycles. The van der Waals surface area contributed by atoms with Crippen LogP contribution in [0.1, 0.15) is 37.1 Å². The molecule has 0 fully saturated rings. The molecule has 1 heterocycles. The first-order valence-electron chi connectivity index (χ1n) is 8.15. The first-order valence-corrected chi connectivity index (χ1v) is 9.03. The molecule has 1 amide bonds. The molecule has 0 atom stereocenters. The topological polar surface area (TPSA) is 75.6 Å². The molecule has 0 aliphatic carbocycles. The number of benzene rings is 1. The van der Waals surface area contributed by atoms with Crippen LogP contribution in [0.5, 0.6) is 5.75 Å². The lowest BCUT2D eigenvalue weighted by atomic mass is 9.90. The second kappa shape index (κ2) is 8.67. The van der Waals surface area contributed by atoms with E-state index in [0.29, 0.717) is 25.3 Å². The van der Waals surface area contributed by atoms with Gasteiger partial charge in [-0.3, -0.25) is 9.59 Å². The molecular weight excluding hydrogens is 338 g/mol. The van der Waals surface area contributed by atoms with Gasteiger partial charge in [-0.05, 0) is 49.4 Å². The van der Waals surface area contributed by atoms with Crippen LogP contribution in [0.2, 0.25) is 0 Å². The van der Waals surface area contributed by atoms with Gasteiger partial charge in [0.25, 0.3) is 0 Å². The smallest absolute Gasteiger partial charge is 0.303 e. The van der Waals surface area contributed by atoms with E-state index in [2.05, 4.69) is 5.32 Å². The minimum Gasteiger partial charge on any atom is -0.494 e. The van der Waals surface area contributed by atoms with Gasteiger partial charge in [0.2, 0.25) is 5.91 Å². The Bertz CT molecular complexity index is 693. The predicted molar refractivity (Wildman–Crippen MR) is 98.0 cm³/mol. The Kier molecular flexibility index (Phi) is 6.58. The molecule has 0 aliphatic rings. The van der Waals surface area contributed by atoms with Gasteiger partial charge in [-0.2, -0.15) is 0 Å². The highest BCUT2D eigenvalue weighted by Gasteiger charge is 2.30. The Labute approximate surface area is 151 Å². The third kappa shape index (κ3) is 5.60. The Hall–Kier alpha value is -2.34. The van der Waals surface area contributed by atoms with Crippen LogP contribution >= 0.6 is 11.3 Å². The van der Waals surface area contributed by atoms with Crippen molar-refractivity contribution in [1.82, 2.24) is 5.32 Å². The van der Waals surface area contributed by atoms with Crippen molar-refractivity contribution in [2.24, 2.45) is 0 Å². The number of hydrogen-bond donors (Lipinski definition) is 2. The molecule has 134 valence electrons. The highest BCUT2D eigenvalue weighted by Crippen LogP contribution is 2.27. The average molecular weight is 361 g/mol. The highest BCUT2D eigenvalue weighted by atomic mass is 32.1. The fourth-order valence-electron chi connectivity index (χ4n) is 2.27. The van der Waals surface area contributed by atoms with Crippen molar-refractivity contribution in [3.05, 3.63) is 52.2 Å². The standard InChI is InChI=1S/C19H23NO4S/c1-19(2,16-5-4-12-25-16)18(23)20-13-14-7-9-15(10-8-14)24-11-3-6-17(21)22/h4-5,7-10,12H,3,6,11,13H2,1-2H3,(H,20,23)(H,21,22). The number of carboxylic acid groups (broad SMARTS) is 1. The van der Waals surface area contributed by atoms with Crippen molar-refractivity contribution in [1.29, 1.82) is 0 Å². The van der Waals surface area contributed by atoms with E-state index in [0.717, 1.165) is 10.4 Å². The summed E-state index contributed by atoms with van der Waals surface area (Å²) < 4.78 is 5.49. The lowest BCUT2D eigenvalue weighted by Crippen LogP contribution is -2.39. The predicted octanol–water partition coefficient (Wildman–Crippen LogP) is 3.59. The molecule has 5 nitrogen and oxygen atoms in total. The van der Waals surface area contributed by atoms with Gasteiger partial charge in [0.15, 0.2) is 0 Å². The Morgan fingerprint density at radius 2 is 1.92 bits per heavy atom. The van der Waals surface area contributed by atoms with E-state index in [4.69, 9.17) is 9.84 Å². The summed E-state index contributed by atoms with van der Waals surface area (Å²) in [6.07, 6.45) is 0.578. The summed E-state index contributed by atoms with van der Waals surface area (Å²) in [7, 11) is 0. The van der Waals surface area contributed by atoms with Crippen LogP contribution in [0.25, 0.3) is 0 Å². The van der Waals surface area contributed by atoms with Crippen molar-refractivity contribution in [2.45, 2.75) is 38.6 Å². The van der Waals surface area contributed by atoms with Gasteiger partial charge in [0.05, 0.1) is 12.0 Å². The minimum absolute atomic E-state index is 0.0102. The second-order valence-corrected chi connectivity index (χ2v) is 7.22. The Morgan fingerprint density at radius 1 is 1.20 bits per heavy atom. The number of rotatable bonds is 9. The van der Waals surface area contributed by atoms with E-state index in [1.807, 2.05) is 55.6 Å². The summed E-state index contributed by atoms with van der Waals surface area (Å²) in [5.74, 6) is -0.136. The molecule has 25 heavy (non-hydrogen) atoms. The number of amides is 1. The van der Waals surface area contributed by atoms with Crippen LogP contribution in [0.3, 0.4) is 0 Å². The zero-order valence-electron chi connectivity index (χ0n) is 14.5. The average Bonchev–Trinajstić information content (AvgIpc) is 3.12. The molecule has 2 aromatic rings. The summed E-state index contributed by atoms with van der Waals surface area (Å²) in [6.45, 7) is 4.66. The molecule has 6 heteroatoms. The molecule has 2 rings (SSSR count). The van der Waals surface area contributed by atoms with E-state index in [-0.39, 0.29) is 12.3 Å². The van der Waals surface area contributed by atoms with Crippen molar-refractivity contribution >= 4 is 23.2 Å². The fraction of sp³-hybridized carbons (Fsp3) is 0.368. The maximum Gasteiger partial charge on any atom is 0.303 e. The molecule has 0 saturated carbocycles. The third-order valence-electron chi connectivity index (χ3n) is 3.88. The van der Waals surface area contributed by atoms with Gasteiger partial charge in [-0.15, -0.1) is 11.3 Å². The molecular formula is C19H23NO4S. The van der Waals surface area contributed by atoms with Gasteiger partial charge >= 0.3 is 5.97 Å². The van der Waals surface area contributed by atoms with Crippen LogP contribution in [-0.4, -0.2) is 23.6 Å². The van der Waals surface area contributed by atoms with Crippen LogP contribution < -0.4 is 10.1 Å². The largest absolute Gasteiger partial charge is 0.494 e. The van der Waals surface area contributed by atoms with Crippen LogP contribution in [0, 0.1) is 0 Å². The zero-order valence-corrected chi connectivity index (χ0v) is 15.3. The van der Waals surface area contributed by atoms with Gasteiger partial charge in [0, 0.05) is 17.8 Å². The lowest BCUT2D eigenvalue weighted by Gasteiger charge is -2.22. The summed E-state index contributed by atoms with van der Waals surface area (Å²) in [5, 5.41) is 13.5.